The minimum atomic E-state index is -0.380. The second kappa shape index (κ2) is 8.64. The fourth-order valence-electron chi connectivity index (χ4n) is 3.14. The number of nitrogens with zero attached hydrogens (tertiary/aromatic N) is 3. The van der Waals surface area contributed by atoms with Crippen molar-refractivity contribution in [1.82, 2.24) is 9.97 Å². The Morgan fingerprint density at radius 3 is 2.81 bits per heavy atom. The van der Waals surface area contributed by atoms with E-state index in [1.807, 2.05) is 0 Å². The van der Waals surface area contributed by atoms with Gasteiger partial charge in [-0.3, -0.25) is 0 Å². The van der Waals surface area contributed by atoms with E-state index in [4.69, 9.17) is 4.74 Å². The summed E-state index contributed by atoms with van der Waals surface area (Å²) in [4.78, 5) is 8.50. The van der Waals surface area contributed by atoms with Crippen LogP contribution in [0.15, 0.2) is 24.4 Å². The van der Waals surface area contributed by atoms with E-state index in [-0.39, 0.29) is 30.5 Å². The Balaban J connectivity index is 1.73. The summed E-state index contributed by atoms with van der Waals surface area (Å²) in [6.07, 6.45) is 4.26. The number of benzene rings is 1. The molecule has 1 aromatic heterocycles. The van der Waals surface area contributed by atoms with Crippen LogP contribution in [0.1, 0.15) is 36.8 Å². The van der Waals surface area contributed by atoms with Gasteiger partial charge in [-0.25, -0.2) is 9.37 Å². The summed E-state index contributed by atoms with van der Waals surface area (Å²) < 4.78 is 19.2. The lowest BCUT2D eigenvalue weighted by atomic mass is 9.93. The Hall–Kier alpha value is -2.92. The quantitative estimate of drug-likeness (QED) is 0.717. The van der Waals surface area contributed by atoms with Crippen molar-refractivity contribution in [2.75, 3.05) is 17.7 Å². The summed E-state index contributed by atoms with van der Waals surface area (Å²) in [5, 5.41) is 25.2. The molecule has 0 atom stereocenters. The van der Waals surface area contributed by atoms with E-state index in [0.717, 1.165) is 25.7 Å². The monoisotopic (exact) mass is 371 g/mol. The number of aliphatic hydroxyl groups is 1. The average molecular weight is 371 g/mol. The van der Waals surface area contributed by atoms with Gasteiger partial charge >= 0.3 is 0 Å². The molecular formula is C19H22FN5O2. The van der Waals surface area contributed by atoms with E-state index in [1.54, 1.807) is 12.1 Å². The van der Waals surface area contributed by atoms with Crippen molar-refractivity contribution in [2.45, 2.75) is 44.4 Å². The molecule has 0 unspecified atom stereocenters. The van der Waals surface area contributed by atoms with Crippen LogP contribution in [0.5, 0.6) is 5.75 Å². The van der Waals surface area contributed by atoms with Crippen LogP contribution in [0.25, 0.3) is 0 Å². The Labute approximate surface area is 157 Å². The van der Waals surface area contributed by atoms with E-state index in [9.17, 15) is 14.8 Å². The smallest absolute Gasteiger partial charge is 0.224 e. The van der Waals surface area contributed by atoms with Gasteiger partial charge in [0.1, 0.15) is 29.0 Å². The zero-order valence-corrected chi connectivity index (χ0v) is 15.1. The van der Waals surface area contributed by atoms with Gasteiger partial charge in [0, 0.05) is 18.2 Å². The van der Waals surface area contributed by atoms with E-state index in [0.29, 0.717) is 22.7 Å². The van der Waals surface area contributed by atoms with Crippen LogP contribution in [0.3, 0.4) is 0 Å². The van der Waals surface area contributed by atoms with Crippen molar-refractivity contribution in [3.63, 3.8) is 0 Å². The van der Waals surface area contributed by atoms with Crippen molar-refractivity contribution < 1.29 is 14.2 Å². The number of aromatic nitrogens is 2. The molecule has 0 amide bonds. The molecular weight excluding hydrogens is 349 g/mol. The molecule has 142 valence electrons. The van der Waals surface area contributed by atoms with Crippen molar-refractivity contribution in [3.8, 4) is 11.8 Å². The first-order valence-corrected chi connectivity index (χ1v) is 8.87. The van der Waals surface area contributed by atoms with Crippen molar-refractivity contribution >= 4 is 11.8 Å². The van der Waals surface area contributed by atoms with Crippen LogP contribution >= 0.6 is 0 Å². The third kappa shape index (κ3) is 4.63. The minimum absolute atomic E-state index is 0.148. The molecule has 0 aliphatic heterocycles. The van der Waals surface area contributed by atoms with Crippen molar-refractivity contribution in [2.24, 2.45) is 0 Å². The van der Waals surface area contributed by atoms with Crippen molar-refractivity contribution in [1.29, 1.82) is 5.26 Å². The van der Waals surface area contributed by atoms with Gasteiger partial charge in [0.25, 0.3) is 0 Å². The van der Waals surface area contributed by atoms with Crippen LogP contribution in [0, 0.1) is 17.1 Å². The molecule has 1 aromatic carbocycles. The highest BCUT2D eigenvalue weighted by Gasteiger charge is 2.21. The number of rotatable bonds is 6. The Morgan fingerprint density at radius 1 is 1.33 bits per heavy atom. The summed E-state index contributed by atoms with van der Waals surface area (Å²) in [7, 11) is 1.49. The van der Waals surface area contributed by atoms with Gasteiger partial charge < -0.3 is 20.5 Å². The summed E-state index contributed by atoms with van der Waals surface area (Å²) in [5.74, 6) is 0.791. The zero-order chi connectivity index (χ0) is 19.2. The van der Waals surface area contributed by atoms with Crippen LogP contribution in [-0.4, -0.2) is 34.3 Å². The number of hydrogen-bond donors (Lipinski definition) is 3. The molecule has 3 N–H and O–H groups in total. The Bertz CT molecular complexity index is 831. The first-order valence-electron chi connectivity index (χ1n) is 8.87. The summed E-state index contributed by atoms with van der Waals surface area (Å²) in [6.45, 7) is 0.150. The molecule has 0 spiro atoms. The van der Waals surface area contributed by atoms with Gasteiger partial charge in [-0.1, -0.05) is 6.07 Å². The van der Waals surface area contributed by atoms with Gasteiger partial charge in [-0.15, -0.1) is 0 Å². The minimum Gasteiger partial charge on any atom is -0.496 e. The largest absolute Gasteiger partial charge is 0.496 e. The topological polar surface area (TPSA) is 103 Å². The molecule has 1 aliphatic carbocycles. The first-order chi connectivity index (χ1) is 13.1. The predicted octanol–water partition coefficient (Wildman–Crippen LogP) is 2.82. The summed E-state index contributed by atoms with van der Waals surface area (Å²) in [6, 6.07) is 6.86. The molecule has 0 radical (unpaired) electrons. The fourth-order valence-corrected chi connectivity index (χ4v) is 3.14. The Morgan fingerprint density at radius 2 is 2.11 bits per heavy atom. The molecule has 8 heteroatoms. The highest BCUT2D eigenvalue weighted by Crippen LogP contribution is 2.24. The fraction of sp³-hybridized carbons (Fsp3) is 0.421. The van der Waals surface area contributed by atoms with E-state index in [2.05, 4.69) is 26.7 Å². The number of halogens is 1. The van der Waals surface area contributed by atoms with E-state index >= 15 is 0 Å². The van der Waals surface area contributed by atoms with Gasteiger partial charge in [0.15, 0.2) is 0 Å². The molecule has 1 saturated carbocycles. The molecule has 1 aliphatic rings. The first kappa shape index (κ1) is 18.9. The number of anilines is 2. The van der Waals surface area contributed by atoms with E-state index in [1.165, 1.54) is 19.4 Å². The molecule has 3 rings (SSSR count). The average Bonchev–Trinajstić information content (AvgIpc) is 2.68. The van der Waals surface area contributed by atoms with Gasteiger partial charge in [0.2, 0.25) is 5.95 Å². The molecule has 0 bridgehead atoms. The SMILES string of the molecule is COc1cccc(F)c1CNc1ncc(C#N)c(NC2CCC(O)CC2)n1. The predicted molar refractivity (Wildman–Crippen MR) is 98.9 cm³/mol. The standard InChI is InChI=1S/C19H22FN5O2/c1-27-17-4-2-3-16(20)15(17)11-23-19-22-10-12(9-21)18(25-19)24-13-5-7-14(26)8-6-13/h2-4,10,13-14,26H,5-8,11H2,1H3,(H2,22,23,24,25). The van der Waals surface area contributed by atoms with Gasteiger partial charge in [-0.05, 0) is 37.8 Å². The molecule has 2 aromatic rings. The van der Waals surface area contributed by atoms with Gasteiger partial charge in [-0.2, -0.15) is 10.2 Å². The third-order valence-electron chi connectivity index (χ3n) is 4.67. The second-order valence-electron chi connectivity index (χ2n) is 6.49. The van der Waals surface area contributed by atoms with Crippen LogP contribution < -0.4 is 15.4 Å². The number of hydrogen-bond acceptors (Lipinski definition) is 7. The maximum atomic E-state index is 14.0. The lowest BCUT2D eigenvalue weighted by Crippen LogP contribution is -2.29. The van der Waals surface area contributed by atoms with Crippen molar-refractivity contribution in [3.05, 3.63) is 41.3 Å². The number of nitriles is 1. The van der Waals surface area contributed by atoms with Crippen LogP contribution in [-0.2, 0) is 6.54 Å². The lowest BCUT2D eigenvalue weighted by Gasteiger charge is -2.26. The summed E-state index contributed by atoms with van der Waals surface area (Å²) >= 11 is 0. The molecule has 1 heterocycles. The summed E-state index contributed by atoms with van der Waals surface area (Å²) in [5.41, 5.74) is 0.721. The highest BCUT2D eigenvalue weighted by atomic mass is 19.1. The van der Waals surface area contributed by atoms with Gasteiger partial charge in [0.05, 0.1) is 19.4 Å². The lowest BCUT2D eigenvalue weighted by molar-refractivity contribution is 0.126. The number of nitrogens with one attached hydrogen (secondary N) is 2. The molecule has 0 saturated heterocycles. The van der Waals surface area contributed by atoms with E-state index < -0.39 is 0 Å². The normalized spacial score (nSPS) is 19.2. The number of methoxy groups -OCH3 is 1. The Kier molecular flexibility index (Phi) is 6.04. The molecule has 1 fully saturated rings. The maximum Gasteiger partial charge on any atom is 0.224 e. The highest BCUT2D eigenvalue weighted by molar-refractivity contribution is 5.54. The van der Waals surface area contributed by atoms with Crippen LogP contribution in [0.4, 0.5) is 16.2 Å². The molecule has 27 heavy (non-hydrogen) atoms. The van der Waals surface area contributed by atoms with Crippen LogP contribution in [0.2, 0.25) is 0 Å². The second-order valence-corrected chi connectivity index (χ2v) is 6.49. The zero-order valence-electron chi connectivity index (χ0n) is 15.1. The third-order valence-corrected chi connectivity index (χ3v) is 4.67. The molecule has 7 nitrogen and oxygen atoms in total. The number of aliphatic hydroxyl groups excluding tert-OH is 1. The maximum absolute atomic E-state index is 14.0. The number of ether oxygens (including phenoxy) is 1.